The third kappa shape index (κ3) is 3.79. The van der Waals surface area contributed by atoms with Crippen LogP contribution >= 0.6 is 0 Å². The second kappa shape index (κ2) is 4.62. The van der Waals surface area contributed by atoms with Gasteiger partial charge in [-0.25, -0.2) is 0 Å². The van der Waals surface area contributed by atoms with E-state index in [0.29, 0.717) is 0 Å². The molecule has 10 heavy (non-hydrogen) atoms. The van der Waals surface area contributed by atoms with Crippen molar-refractivity contribution in [3.63, 3.8) is 0 Å². The molecule has 0 aromatic rings. The molecule has 3 atom stereocenters. The monoisotopic (exact) mass is 148 g/mol. The van der Waals surface area contributed by atoms with Gasteiger partial charge in [0, 0.05) is 6.04 Å². The average Bonchev–Trinajstić information content (AvgIpc) is 1.87. The highest BCUT2D eigenvalue weighted by molar-refractivity contribution is 4.76. The van der Waals surface area contributed by atoms with Crippen molar-refractivity contribution >= 4 is 0 Å². The lowest BCUT2D eigenvalue weighted by atomic mass is 10.1. The standard InChI is InChI=1S/C6H14NO3/c1-4(9)6(7)2-5(10)3-8/h4-6,8-10H,1-3,7H2. The minimum atomic E-state index is -0.888. The quantitative estimate of drug-likeness (QED) is 0.381. The Kier molecular flexibility index (Phi) is 4.55. The summed E-state index contributed by atoms with van der Waals surface area (Å²) in [6, 6.07) is -0.567. The van der Waals surface area contributed by atoms with Crippen LogP contribution in [0.1, 0.15) is 6.42 Å². The largest absolute Gasteiger partial charge is 0.394 e. The molecule has 61 valence electrons. The number of hydrogen-bond acceptors (Lipinski definition) is 4. The Morgan fingerprint density at radius 2 is 1.90 bits per heavy atom. The first-order valence-corrected chi connectivity index (χ1v) is 3.13. The number of rotatable bonds is 4. The summed E-state index contributed by atoms with van der Waals surface area (Å²) in [4.78, 5) is 0. The van der Waals surface area contributed by atoms with E-state index >= 15 is 0 Å². The molecule has 0 bridgehead atoms. The van der Waals surface area contributed by atoms with E-state index in [0.717, 1.165) is 0 Å². The molecule has 0 rings (SSSR count). The molecule has 0 aromatic carbocycles. The first-order valence-electron chi connectivity index (χ1n) is 3.13. The number of aliphatic hydroxyl groups excluding tert-OH is 3. The van der Waals surface area contributed by atoms with E-state index in [4.69, 9.17) is 21.1 Å². The lowest BCUT2D eigenvalue weighted by Crippen LogP contribution is -2.36. The van der Waals surface area contributed by atoms with E-state index in [1.54, 1.807) is 0 Å². The molecule has 0 amide bonds. The molecule has 3 unspecified atom stereocenters. The smallest absolute Gasteiger partial charge is 0.0786 e. The van der Waals surface area contributed by atoms with E-state index in [2.05, 4.69) is 6.92 Å². The molecule has 4 nitrogen and oxygen atoms in total. The zero-order chi connectivity index (χ0) is 8.15. The van der Waals surface area contributed by atoms with E-state index in [9.17, 15) is 0 Å². The van der Waals surface area contributed by atoms with Crippen LogP contribution in [-0.4, -0.2) is 40.2 Å². The summed E-state index contributed by atoms with van der Waals surface area (Å²) in [5, 5.41) is 25.9. The second-order valence-corrected chi connectivity index (χ2v) is 2.30. The molecular formula is C6H14NO3. The maximum Gasteiger partial charge on any atom is 0.0786 e. The zero-order valence-corrected chi connectivity index (χ0v) is 5.77. The molecule has 0 aliphatic rings. The first kappa shape index (κ1) is 9.84. The Morgan fingerprint density at radius 1 is 1.40 bits per heavy atom. The summed E-state index contributed by atoms with van der Waals surface area (Å²) in [5.41, 5.74) is 5.31. The Balaban J connectivity index is 3.46. The third-order valence-corrected chi connectivity index (χ3v) is 1.25. The second-order valence-electron chi connectivity index (χ2n) is 2.30. The molecule has 0 aliphatic carbocycles. The van der Waals surface area contributed by atoms with Gasteiger partial charge in [0.2, 0.25) is 0 Å². The van der Waals surface area contributed by atoms with Gasteiger partial charge in [-0.2, -0.15) is 0 Å². The van der Waals surface area contributed by atoms with Crippen molar-refractivity contribution in [3.05, 3.63) is 6.92 Å². The van der Waals surface area contributed by atoms with Crippen LogP contribution in [0, 0.1) is 6.92 Å². The van der Waals surface area contributed by atoms with Crippen molar-refractivity contribution in [2.75, 3.05) is 6.61 Å². The normalized spacial score (nSPS) is 20.1. The summed E-state index contributed by atoms with van der Waals surface area (Å²) in [6.45, 7) is 2.93. The van der Waals surface area contributed by atoms with Crippen LogP contribution in [0.5, 0.6) is 0 Å². The molecule has 1 radical (unpaired) electrons. The van der Waals surface area contributed by atoms with Crippen LogP contribution in [0.25, 0.3) is 0 Å². The fraction of sp³-hybridized carbons (Fsp3) is 0.833. The highest BCUT2D eigenvalue weighted by Crippen LogP contribution is 1.98. The molecule has 0 saturated carbocycles. The van der Waals surface area contributed by atoms with Gasteiger partial charge in [-0.05, 0) is 13.3 Å². The van der Waals surface area contributed by atoms with Crippen LogP contribution in [0.3, 0.4) is 0 Å². The van der Waals surface area contributed by atoms with Crippen molar-refractivity contribution in [1.29, 1.82) is 0 Å². The van der Waals surface area contributed by atoms with Crippen molar-refractivity contribution in [2.45, 2.75) is 24.7 Å². The van der Waals surface area contributed by atoms with Crippen LogP contribution < -0.4 is 5.73 Å². The van der Waals surface area contributed by atoms with Crippen LogP contribution in [0.15, 0.2) is 0 Å². The van der Waals surface area contributed by atoms with Crippen LogP contribution in [0.4, 0.5) is 0 Å². The van der Waals surface area contributed by atoms with Crippen molar-refractivity contribution in [3.8, 4) is 0 Å². The minimum Gasteiger partial charge on any atom is -0.394 e. The van der Waals surface area contributed by atoms with Crippen molar-refractivity contribution in [2.24, 2.45) is 5.73 Å². The predicted octanol–water partition coefficient (Wildman–Crippen LogP) is -1.75. The summed E-state index contributed by atoms with van der Waals surface area (Å²) in [6.07, 6.45) is -1.58. The lowest BCUT2D eigenvalue weighted by Gasteiger charge is -2.16. The number of hydrogen-bond donors (Lipinski definition) is 4. The fourth-order valence-electron chi connectivity index (χ4n) is 0.546. The molecule has 0 spiro atoms. The maximum atomic E-state index is 8.81. The Labute approximate surface area is 60.3 Å². The van der Waals surface area contributed by atoms with E-state index in [1.165, 1.54) is 0 Å². The zero-order valence-electron chi connectivity index (χ0n) is 5.77. The highest BCUT2D eigenvalue weighted by Gasteiger charge is 2.13. The molecule has 0 fully saturated rings. The molecule has 4 heteroatoms. The van der Waals surface area contributed by atoms with Gasteiger partial charge in [0.15, 0.2) is 0 Å². The van der Waals surface area contributed by atoms with E-state index < -0.39 is 18.2 Å². The minimum absolute atomic E-state index is 0.168. The Hall–Kier alpha value is -0.160. The van der Waals surface area contributed by atoms with Gasteiger partial charge < -0.3 is 21.1 Å². The first-order chi connectivity index (χ1) is 4.57. The van der Waals surface area contributed by atoms with Gasteiger partial charge in [0.1, 0.15) is 0 Å². The van der Waals surface area contributed by atoms with Gasteiger partial charge in [-0.1, -0.05) is 0 Å². The van der Waals surface area contributed by atoms with Gasteiger partial charge in [0.25, 0.3) is 0 Å². The molecule has 0 aromatic heterocycles. The fourth-order valence-corrected chi connectivity index (χ4v) is 0.546. The third-order valence-electron chi connectivity index (χ3n) is 1.25. The Bertz CT molecular complexity index is 87.1. The summed E-state index contributed by atoms with van der Waals surface area (Å²) >= 11 is 0. The van der Waals surface area contributed by atoms with Gasteiger partial charge in [0.05, 0.1) is 18.8 Å². The topological polar surface area (TPSA) is 86.7 Å². The SMILES string of the molecule is [CH2]C(O)C(N)CC(O)CO. The molecular weight excluding hydrogens is 134 g/mol. The predicted molar refractivity (Wildman–Crippen MR) is 37.0 cm³/mol. The summed E-state index contributed by atoms with van der Waals surface area (Å²) in [5.74, 6) is 0. The average molecular weight is 148 g/mol. The molecule has 0 saturated heterocycles. The van der Waals surface area contributed by atoms with Crippen molar-refractivity contribution in [1.82, 2.24) is 0 Å². The summed E-state index contributed by atoms with van der Waals surface area (Å²) in [7, 11) is 0. The van der Waals surface area contributed by atoms with E-state index in [-0.39, 0.29) is 13.0 Å². The van der Waals surface area contributed by atoms with Gasteiger partial charge in [-0.15, -0.1) is 0 Å². The molecule has 5 N–H and O–H groups in total. The van der Waals surface area contributed by atoms with E-state index in [1.807, 2.05) is 0 Å². The lowest BCUT2D eigenvalue weighted by molar-refractivity contribution is 0.0667. The van der Waals surface area contributed by atoms with Crippen molar-refractivity contribution < 1.29 is 15.3 Å². The van der Waals surface area contributed by atoms with Gasteiger partial charge in [-0.3, -0.25) is 0 Å². The van der Waals surface area contributed by atoms with Crippen LogP contribution in [0.2, 0.25) is 0 Å². The molecule has 0 heterocycles. The van der Waals surface area contributed by atoms with Gasteiger partial charge >= 0.3 is 0 Å². The van der Waals surface area contributed by atoms with Crippen LogP contribution in [-0.2, 0) is 0 Å². The summed E-state index contributed by atoms with van der Waals surface area (Å²) < 4.78 is 0. The number of aliphatic hydroxyl groups is 3. The molecule has 0 aliphatic heterocycles. The highest BCUT2D eigenvalue weighted by atomic mass is 16.3. The number of nitrogens with two attached hydrogens (primary N) is 1. The Morgan fingerprint density at radius 3 is 2.20 bits per heavy atom. The maximum absolute atomic E-state index is 8.81.